The molecule has 1 radical (unpaired) electrons. The van der Waals surface area contributed by atoms with Gasteiger partial charge in [0, 0.05) is 61.1 Å². The second-order valence-corrected chi connectivity index (χ2v) is 12.2. The van der Waals surface area contributed by atoms with Crippen LogP contribution in [0, 0.1) is 70.5 Å². The van der Waals surface area contributed by atoms with Crippen LogP contribution in [-0.2, 0) is 30.9 Å². The van der Waals surface area contributed by atoms with Gasteiger partial charge in [-0.05, 0) is 61.4 Å². The smallest absolute Gasteiger partial charge is 0.870 e. The molecule has 0 N–H and O–H groups in total. The van der Waals surface area contributed by atoms with Crippen molar-refractivity contribution in [2.75, 3.05) is 14.2 Å². The van der Waals surface area contributed by atoms with Gasteiger partial charge in [-0.25, -0.2) is 19.3 Å². The molecule has 0 fully saturated rings. The molecule has 2 heterocycles. The summed E-state index contributed by atoms with van der Waals surface area (Å²) in [6.45, 7) is 10.8. The topological polar surface area (TPSA) is 262 Å². The molecule has 0 unspecified atom stereocenters. The maximum atomic E-state index is 12.8. The summed E-state index contributed by atoms with van der Waals surface area (Å²) < 4.78 is 16.6. The molecule has 0 saturated carbocycles. The fourth-order valence-electron chi connectivity index (χ4n) is 5.26. The first-order chi connectivity index (χ1) is 31.2. The largest absolute Gasteiger partial charge is 2.00 e. The number of aromatic nitrogens is 4. The van der Waals surface area contributed by atoms with Gasteiger partial charge in [-0.1, -0.05) is 72.2 Å². The third-order valence-corrected chi connectivity index (χ3v) is 8.17. The van der Waals surface area contributed by atoms with Crippen molar-refractivity contribution in [2.24, 2.45) is 24.1 Å². The molecule has 0 aliphatic rings. The Balaban J connectivity index is 0. The molecule has 0 aliphatic heterocycles. The van der Waals surface area contributed by atoms with E-state index in [0.29, 0.717) is 33.9 Å². The summed E-state index contributed by atoms with van der Waals surface area (Å²) in [7, 11) is 6.48. The number of aliphatic imine (C=N–C) groups is 2. The van der Waals surface area contributed by atoms with Crippen LogP contribution in [0.25, 0.3) is 11.4 Å². The van der Waals surface area contributed by atoms with Gasteiger partial charge in [-0.15, -0.1) is 0 Å². The fourth-order valence-corrected chi connectivity index (χ4v) is 5.26. The van der Waals surface area contributed by atoms with Crippen molar-refractivity contribution >= 4 is 23.8 Å². The number of methoxy groups -OCH3 is 2. The van der Waals surface area contributed by atoms with Crippen molar-refractivity contribution in [3.05, 3.63) is 140 Å². The Bertz CT molecular complexity index is 2580. The van der Waals surface area contributed by atoms with Gasteiger partial charge in [-0.3, -0.25) is 19.0 Å². The molecule has 66 heavy (non-hydrogen) atoms. The monoisotopic (exact) mass is 936 g/mol. The van der Waals surface area contributed by atoms with E-state index < -0.39 is 0 Å². The molecule has 0 aliphatic carbocycles. The van der Waals surface area contributed by atoms with Crippen molar-refractivity contribution in [1.29, 1.82) is 26.3 Å². The number of nitrogens with zero attached hydrogens (tertiary/aromatic N) is 11. The van der Waals surface area contributed by atoms with Crippen LogP contribution in [0.5, 0.6) is 23.0 Å². The summed E-state index contributed by atoms with van der Waals surface area (Å²) in [5, 5.41) is 61.0. The van der Waals surface area contributed by atoms with Gasteiger partial charge in [0.1, 0.15) is 11.5 Å². The predicted molar refractivity (Wildman–Crippen MR) is 247 cm³/mol. The Morgan fingerprint density at radius 3 is 1.05 bits per heavy atom. The third kappa shape index (κ3) is 17.3. The molecule has 0 bridgehead atoms. The van der Waals surface area contributed by atoms with E-state index in [9.17, 15) is 19.8 Å². The molecule has 343 valence electrons. The summed E-state index contributed by atoms with van der Waals surface area (Å²) in [4.78, 5) is 34.1. The molecule has 2 aromatic heterocycles. The number of benzene rings is 4. The fraction of sp³-hybridized carbons (Fsp3) is 0.229. The van der Waals surface area contributed by atoms with E-state index in [1.165, 1.54) is 61.3 Å². The number of hydrogen-bond acceptors (Lipinski definition) is 13. The van der Waals surface area contributed by atoms with Crippen molar-refractivity contribution < 1.29 is 36.5 Å². The average molecular weight is 937 g/mol. The van der Waals surface area contributed by atoms with Gasteiger partial charge >= 0.3 is 16.8 Å². The van der Waals surface area contributed by atoms with Crippen LogP contribution in [-0.4, -0.2) is 45.4 Å². The second kappa shape index (κ2) is 33.0. The number of ether oxygens (including phenoxy) is 2. The molecular weight excluding hydrogens is 886 g/mol. The van der Waals surface area contributed by atoms with E-state index in [0.717, 1.165) is 11.4 Å². The number of rotatable bonds is 8. The molecule has 6 rings (SSSR count). The first-order valence-electron chi connectivity index (χ1n) is 19.1. The summed E-state index contributed by atoms with van der Waals surface area (Å²) in [6.07, 6.45) is 2.81. The van der Waals surface area contributed by atoms with Gasteiger partial charge in [0.25, 0.3) is 11.1 Å². The molecule has 0 amide bonds. The van der Waals surface area contributed by atoms with Crippen LogP contribution >= 0.6 is 0 Å². The molecule has 0 spiro atoms. The quantitative estimate of drug-likeness (QED) is 0.137. The number of hydrogen-bond donors (Lipinski definition) is 0. The zero-order valence-electron chi connectivity index (χ0n) is 38.6. The number of nitriles is 5. The minimum absolute atomic E-state index is 0. The molecule has 18 heteroatoms. The summed E-state index contributed by atoms with van der Waals surface area (Å²) in [5.74, 6) is -0.0256. The average Bonchev–Trinajstić information content (AvgIpc) is 3.64. The van der Waals surface area contributed by atoms with Crippen LogP contribution in [0.15, 0.2) is 117 Å². The standard InChI is InChI=1S/2C19H19N3O3.5C2H3N.Co/c2*1-13-17(20-12-14-8-7-11-16(25-3)18(14)23)19(24)22(21(13)2)15-9-5-4-6-10-15;5*1-2-3;/h2*4-12,23H,1-3H3;5*1H3;/q;;;;;;;+2/p-2. The van der Waals surface area contributed by atoms with Crippen molar-refractivity contribution in [3.63, 3.8) is 0 Å². The van der Waals surface area contributed by atoms with Crippen LogP contribution in [0.1, 0.15) is 57.1 Å². The Kier molecular flexibility index (Phi) is 29.8. The molecular formula is C48H51CoN11O6. The zero-order chi connectivity index (χ0) is 49.5. The van der Waals surface area contributed by atoms with Crippen molar-refractivity contribution in [3.8, 4) is 64.7 Å². The first kappa shape index (κ1) is 59.5. The van der Waals surface area contributed by atoms with Gasteiger partial charge in [0.2, 0.25) is 0 Å². The molecule has 17 nitrogen and oxygen atoms in total. The normalized spacial score (nSPS) is 9.06. The third-order valence-electron chi connectivity index (χ3n) is 8.17. The SMILES string of the molecule is CC#N.CC#N.CC#N.CC#N.CC#N.COc1cccc(C=Nc2c(C)n(C)n(-c3ccccc3)c2=O)c1[O-].COc1cccc(C=Nc2c(C)n(C)n(-c3ccccc3)c2=O)c1[O-].[Co+2]. The Morgan fingerprint density at radius 2 is 0.788 bits per heavy atom. The molecule has 4 aromatic carbocycles. The maximum absolute atomic E-state index is 12.8. The van der Waals surface area contributed by atoms with E-state index in [-0.39, 0.29) is 50.9 Å². The predicted octanol–water partition coefficient (Wildman–Crippen LogP) is 7.28. The Morgan fingerprint density at radius 1 is 0.515 bits per heavy atom. The molecule has 6 aromatic rings. The Labute approximate surface area is 395 Å². The number of para-hydroxylation sites is 4. The Hall–Kier alpha value is -8.60. The van der Waals surface area contributed by atoms with Gasteiger partial charge < -0.3 is 19.7 Å². The maximum Gasteiger partial charge on any atom is 2.00 e. The van der Waals surface area contributed by atoms with Gasteiger partial charge in [0.15, 0.2) is 11.4 Å². The first-order valence-corrected chi connectivity index (χ1v) is 19.1. The van der Waals surface area contributed by atoms with E-state index in [2.05, 4.69) is 9.98 Å². The van der Waals surface area contributed by atoms with Crippen LogP contribution in [0.2, 0.25) is 0 Å². The van der Waals surface area contributed by atoms with Crippen molar-refractivity contribution in [1.82, 2.24) is 18.7 Å². The van der Waals surface area contributed by atoms with E-state index in [1.54, 1.807) is 99.6 Å². The van der Waals surface area contributed by atoms with E-state index in [1.807, 2.05) is 74.5 Å². The summed E-state index contributed by atoms with van der Waals surface area (Å²) >= 11 is 0. The minimum Gasteiger partial charge on any atom is -0.870 e. The summed E-state index contributed by atoms with van der Waals surface area (Å²) in [6, 6.07) is 37.3. The summed E-state index contributed by atoms with van der Waals surface area (Å²) in [5.41, 5.74) is 3.79. The second-order valence-electron chi connectivity index (χ2n) is 12.2. The van der Waals surface area contributed by atoms with E-state index in [4.69, 9.17) is 35.8 Å². The zero-order valence-corrected chi connectivity index (χ0v) is 39.6. The van der Waals surface area contributed by atoms with E-state index >= 15 is 0 Å². The molecule has 0 saturated heterocycles. The molecule has 0 atom stereocenters. The van der Waals surface area contributed by atoms with Crippen LogP contribution < -0.4 is 30.8 Å². The van der Waals surface area contributed by atoms with Crippen LogP contribution in [0.3, 0.4) is 0 Å². The van der Waals surface area contributed by atoms with Gasteiger partial charge in [-0.2, -0.15) is 26.3 Å². The van der Waals surface area contributed by atoms with Crippen LogP contribution in [0.4, 0.5) is 11.4 Å². The van der Waals surface area contributed by atoms with Gasteiger partial charge in [0.05, 0.1) is 67.3 Å². The van der Waals surface area contributed by atoms with Crippen molar-refractivity contribution in [2.45, 2.75) is 48.5 Å². The minimum atomic E-state index is -0.259.